The average Bonchev–Trinajstić information content (AvgIpc) is 3.29. The van der Waals surface area contributed by atoms with E-state index in [9.17, 15) is 19.5 Å². The van der Waals surface area contributed by atoms with Crippen LogP contribution in [0.5, 0.6) is 0 Å². The van der Waals surface area contributed by atoms with Crippen LogP contribution in [-0.4, -0.2) is 87.4 Å². The van der Waals surface area contributed by atoms with Crippen LogP contribution in [0, 0.1) is 0 Å². The Morgan fingerprint density at radius 1 is 0.463 bits per heavy atom. The van der Waals surface area contributed by atoms with Crippen LogP contribution in [0.25, 0.3) is 0 Å². The van der Waals surface area contributed by atoms with Crippen LogP contribution < -0.4 is 0 Å². The summed E-state index contributed by atoms with van der Waals surface area (Å²) >= 11 is 0. The van der Waals surface area contributed by atoms with Crippen LogP contribution in [0.3, 0.4) is 0 Å². The van der Waals surface area contributed by atoms with Crippen LogP contribution in [0.15, 0.2) is 97.2 Å². The number of aliphatic carboxylic acids is 1. The summed E-state index contributed by atoms with van der Waals surface area (Å²) in [5.74, 6) is -2.08. The number of carboxylic acid groups (broad SMARTS) is 1. The van der Waals surface area contributed by atoms with Gasteiger partial charge in [0.05, 0.1) is 34.4 Å². The van der Waals surface area contributed by atoms with Gasteiger partial charge in [-0.2, -0.15) is 0 Å². The van der Waals surface area contributed by atoms with E-state index in [1.165, 1.54) is 70.6 Å². The highest BCUT2D eigenvalue weighted by Crippen LogP contribution is 2.13. The second-order valence-electron chi connectivity index (χ2n) is 18.4. The van der Waals surface area contributed by atoms with Crippen LogP contribution >= 0.6 is 0 Å². The minimum absolute atomic E-state index is 0.173. The van der Waals surface area contributed by atoms with Crippen molar-refractivity contribution in [1.82, 2.24) is 0 Å². The van der Waals surface area contributed by atoms with E-state index in [0.717, 1.165) is 89.9 Å². The van der Waals surface area contributed by atoms with E-state index in [-0.39, 0.29) is 38.6 Å². The molecule has 0 aromatic rings. The van der Waals surface area contributed by atoms with Crippen LogP contribution in [0.4, 0.5) is 0 Å². The van der Waals surface area contributed by atoms with Gasteiger partial charge in [-0.25, -0.2) is 4.79 Å². The van der Waals surface area contributed by atoms with E-state index >= 15 is 0 Å². The molecule has 9 nitrogen and oxygen atoms in total. The van der Waals surface area contributed by atoms with Gasteiger partial charge in [0.25, 0.3) is 6.29 Å². The molecule has 0 rings (SSSR count). The number of esters is 2. The SMILES string of the molecule is CC/C=C\C/C=C\C/C=C\C/C=C\C/C=C\C/C=C\CCCCC(=O)OC(COC(=O)CCCCCCCCCCC/C=C\C/C=C\CCCCCCC)COC(OCC[N+](C)(C)C)C(=O)O. The maximum atomic E-state index is 12.8. The third-order valence-electron chi connectivity index (χ3n) is 10.8. The largest absolute Gasteiger partial charge is 0.477 e. The summed E-state index contributed by atoms with van der Waals surface area (Å²) in [5.41, 5.74) is 0. The molecule has 0 spiro atoms. The topological polar surface area (TPSA) is 108 Å². The predicted octanol–water partition coefficient (Wildman–Crippen LogP) is 15.0. The maximum Gasteiger partial charge on any atom is 0.361 e. The van der Waals surface area contributed by atoms with Crippen molar-refractivity contribution < 1.29 is 42.9 Å². The zero-order chi connectivity index (χ0) is 49.2. The first kappa shape index (κ1) is 63.2. The van der Waals surface area contributed by atoms with E-state index in [1.807, 2.05) is 21.1 Å². The normalized spacial score (nSPS) is 13.6. The number of unbranched alkanes of at least 4 members (excludes halogenated alkanes) is 16. The number of hydrogen-bond acceptors (Lipinski definition) is 7. The molecule has 0 saturated carbocycles. The van der Waals surface area contributed by atoms with Crippen molar-refractivity contribution >= 4 is 17.9 Å². The minimum Gasteiger partial charge on any atom is -0.477 e. The number of rotatable bonds is 47. The lowest BCUT2D eigenvalue weighted by Gasteiger charge is -2.25. The molecule has 1 N–H and O–H groups in total. The molecular formula is C58H98NO8+. The van der Waals surface area contributed by atoms with E-state index in [2.05, 4.69) is 111 Å². The van der Waals surface area contributed by atoms with Gasteiger partial charge in [-0.1, -0.05) is 182 Å². The van der Waals surface area contributed by atoms with Gasteiger partial charge in [-0.3, -0.25) is 9.59 Å². The molecule has 0 radical (unpaired) electrons. The number of quaternary nitrogens is 1. The fraction of sp³-hybridized carbons (Fsp3) is 0.672. The number of carboxylic acids is 1. The molecule has 0 bridgehead atoms. The minimum atomic E-state index is -1.53. The Morgan fingerprint density at radius 2 is 0.851 bits per heavy atom. The highest BCUT2D eigenvalue weighted by molar-refractivity contribution is 5.71. The smallest absolute Gasteiger partial charge is 0.361 e. The number of carbonyl (C=O) groups excluding carboxylic acids is 2. The Balaban J connectivity index is 4.44. The Labute approximate surface area is 410 Å². The summed E-state index contributed by atoms with van der Waals surface area (Å²) < 4.78 is 22.8. The first-order valence-electron chi connectivity index (χ1n) is 26.4. The fourth-order valence-electron chi connectivity index (χ4n) is 6.75. The van der Waals surface area contributed by atoms with Crippen molar-refractivity contribution in [3.8, 4) is 0 Å². The Bertz CT molecular complexity index is 1420. The summed E-state index contributed by atoms with van der Waals surface area (Å²) in [7, 11) is 5.94. The second-order valence-corrected chi connectivity index (χ2v) is 18.4. The second kappa shape index (κ2) is 48.7. The molecule has 0 heterocycles. The summed E-state index contributed by atoms with van der Waals surface area (Å²) in [6.07, 6.45) is 61.9. The van der Waals surface area contributed by atoms with Crippen molar-refractivity contribution in [2.24, 2.45) is 0 Å². The number of nitrogens with zero attached hydrogens (tertiary/aromatic N) is 1. The number of likely N-dealkylation sites (N-methyl/N-ethyl adjacent to an activating group) is 1. The molecule has 0 aromatic heterocycles. The third kappa shape index (κ3) is 49.9. The standard InChI is InChI=1S/C58H97NO8/c1-6-8-10-12-14-16-18-20-22-24-26-28-30-32-34-36-38-40-42-44-46-48-55(60)65-52-54(53-66-58(57(62)63)64-51-50-59(3,4)5)67-56(61)49-47-45-43-41-39-37-35-33-31-29-27-25-23-21-19-17-15-13-11-9-7-2/h9,11,15,17-18,20-21,23-24,26-27,29,33,35,39,41,54,58H,6-8,10,12-14,16,19,22,25,28,30-32,34,36-38,40,42-53H2,1-5H3/p+1/b11-9-,17-15-,20-18-,23-21-,26-24-,29-27-,35-33-,41-39-. The summed E-state index contributed by atoms with van der Waals surface area (Å²) in [4.78, 5) is 37.3. The number of ether oxygens (including phenoxy) is 4. The van der Waals surface area contributed by atoms with Crippen LogP contribution in [0.2, 0.25) is 0 Å². The highest BCUT2D eigenvalue weighted by atomic mass is 16.7. The molecule has 67 heavy (non-hydrogen) atoms. The third-order valence-corrected chi connectivity index (χ3v) is 10.8. The molecule has 0 aliphatic heterocycles. The lowest BCUT2D eigenvalue weighted by atomic mass is 10.1. The predicted molar refractivity (Wildman–Crippen MR) is 281 cm³/mol. The lowest BCUT2D eigenvalue weighted by Crippen LogP contribution is -2.40. The first-order valence-corrected chi connectivity index (χ1v) is 26.4. The van der Waals surface area contributed by atoms with Crippen molar-refractivity contribution in [2.45, 2.75) is 206 Å². The number of allylic oxidation sites excluding steroid dienone is 16. The van der Waals surface area contributed by atoms with Gasteiger partial charge in [0.1, 0.15) is 13.2 Å². The molecule has 2 atom stereocenters. The van der Waals surface area contributed by atoms with Crippen LogP contribution in [0.1, 0.15) is 194 Å². The fourth-order valence-corrected chi connectivity index (χ4v) is 6.75. The molecule has 0 aliphatic rings. The van der Waals surface area contributed by atoms with Crippen LogP contribution in [-0.2, 0) is 33.3 Å². The maximum absolute atomic E-state index is 12.8. The molecule has 0 aromatic carbocycles. The Morgan fingerprint density at radius 3 is 1.30 bits per heavy atom. The van der Waals surface area contributed by atoms with Crippen molar-refractivity contribution in [3.05, 3.63) is 97.2 Å². The zero-order valence-corrected chi connectivity index (χ0v) is 43.3. The molecule has 0 amide bonds. The van der Waals surface area contributed by atoms with Gasteiger partial charge >= 0.3 is 17.9 Å². The van der Waals surface area contributed by atoms with E-state index in [0.29, 0.717) is 17.4 Å². The van der Waals surface area contributed by atoms with Crippen molar-refractivity contribution in [2.75, 3.05) is 47.5 Å². The van der Waals surface area contributed by atoms with E-state index in [1.54, 1.807) is 0 Å². The van der Waals surface area contributed by atoms with Crippen molar-refractivity contribution in [3.63, 3.8) is 0 Å². The number of hydrogen-bond donors (Lipinski definition) is 1. The summed E-state index contributed by atoms with van der Waals surface area (Å²) in [6, 6.07) is 0. The van der Waals surface area contributed by atoms with Gasteiger partial charge in [-0.05, 0) is 96.3 Å². The quantitative estimate of drug-likeness (QED) is 0.0211. The Kier molecular flexibility index (Phi) is 45.9. The molecule has 9 heteroatoms. The van der Waals surface area contributed by atoms with Gasteiger partial charge in [0.15, 0.2) is 6.10 Å². The molecule has 0 fully saturated rings. The van der Waals surface area contributed by atoms with E-state index < -0.39 is 24.3 Å². The zero-order valence-electron chi connectivity index (χ0n) is 43.3. The average molecular weight is 937 g/mol. The summed E-state index contributed by atoms with van der Waals surface area (Å²) in [6.45, 7) is 4.68. The monoisotopic (exact) mass is 937 g/mol. The van der Waals surface area contributed by atoms with Gasteiger partial charge in [0, 0.05) is 12.8 Å². The molecule has 382 valence electrons. The van der Waals surface area contributed by atoms with Gasteiger partial charge < -0.3 is 28.5 Å². The first-order chi connectivity index (χ1) is 32.6. The van der Waals surface area contributed by atoms with E-state index in [4.69, 9.17) is 18.9 Å². The molecular weight excluding hydrogens is 839 g/mol. The Hall–Kier alpha value is -3.79. The van der Waals surface area contributed by atoms with Crippen molar-refractivity contribution in [1.29, 1.82) is 0 Å². The molecule has 2 unspecified atom stereocenters. The molecule has 0 aliphatic carbocycles. The highest BCUT2D eigenvalue weighted by Gasteiger charge is 2.25. The van der Waals surface area contributed by atoms with Gasteiger partial charge in [-0.15, -0.1) is 0 Å². The number of carbonyl (C=O) groups is 3. The summed E-state index contributed by atoms with van der Waals surface area (Å²) in [5, 5.41) is 9.68. The molecule has 0 saturated heterocycles. The lowest BCUT2D eigenvalue weighted by molar-refractivity contribution is -0.870. The van der Waals surface area contributed by atoms with Gasteiger partial charge in [0.2, 0.25) is 0 Å².